The minimum absolute atomic E-state index is 0.679. The van der Waals surface area contributed by atoms with Crippen molar-refractivity contribution in [2.24, 2.45) is 0 Å². The zero-order chi connectivity index (χ0) is 13.7. The third kappa shape index (κ3) is 4.24. The first-order chi connectivity index (χ1) is 9.19. The summed E-state index contributed by atoms with van der Waals surface area (Å²) in [6, 6.07) is 0. The molecule has 104 valence electrons. The zero-order valence-electron chi connectivity index (χ0n) is 11.3. The molecule has 0 saturated heterocycles. The number of methoxy groups -OCH3 is 1. The van der Waals surface area contributed by atoms with E-state index in [0.29, 0.717) is 6.61 Å². The van der Waals surface area contributed by atoms with Crippen LogP contribution >= 0.6 is 22.7 Å². The van der Waals surface area contributed by atoms with Crippen LogP contribution in [-0.2, 0) is 11.3 Å². The summed E-state index contributed by atoms with van der Waals surface area (Å²) in [5.74, 6) is 0. The van der Waals surface area contributed by atoms with E-state index in [-0.39, 0.29) is 0 Å². The lowest BCUT2D eigenvalue weighted by Crippen LogP contribution is -2.10. The van der Waals surface area contributed by atoms with Crippen LogP contribution in [0.15, 0.2) is 10.8 Å². The number of nitrogens with one attached hydrogen (secondary N) is 1. The molecule has 2 rings (SSSR count). The van der Waals surface area contributed by atoms with Gasteiger partial charge in [0, 0.05) is 31.0 Å². The molecule has 0 saturated carbocycles. The summed E-state index contributed by atoms with van der Waals surface area (Å²) in [7, 11) is 5.78. The van der Waals surface area contributed by atoms with E-state index in [4.69, 9.17) is 4.74 Å². The van der Waals surface area contributed by atoms with Gasteiger partial charge in [0.25, 0.3) is 0 Å². The van der Waals surface area contributed by atoms with Crippen molar-refractivity contribution >= 4 is 27.8 Å². The maximum atomic E-state index is 4.99. The molecule has 0 bridgehead atoms. The van der Waals surface area contributed by atoms with E-state index >= 15 is 0 Å². The van der Waals surface area contributed by atoms with Crippen LogP contribution in [0.3, 0.4) is 0 Å². The van der Waals surface area contributed by atoms with E-state index in [1.165, 1.54) is 0 Å². The Labute approximate surface area is 121 Å². The molecule has 0 atom stereocenters. The molecule has 2 heterocycles. The number of thiazole rings is 2. The summed E-state index contributed by atoms with van der Waals surface area (Å²) < 4.78 is 4.99. The Morgan fingerprint density at radius 2 is 1.95 bits per heavy atom. The van der Waals surface area contributed by atoms with Gasteiger partial charge in [-0.05, 0) is 14.1 Å². The van der Waals surface area contributed by atoms with E-state index in [9.17, 15) is 0 Å². The van der Waals surface area contributed by atoms with E-state index < -0.39 is 0 Å². The molecule has 19 heavy (non-hydrogen) atoms. The summed E-state index contributed by atoms with van der Waals surface area (Å²) in [5.41, 5.74) is 1.89. The molecular weight excluding hydrogens is 280 g/mol. The minimum atomic E-state index is 0.679. The van der Waals surface area contributed by atoms with E-state index in [1.54, 1.807) is 29.8 Å². The lowest BCUT2D eigenvalue weighted by molar-refractivity contribution is 0.211. The van der Waals surface area contributed by atoms with Crippen LogP contribution in [0.1, 0.15) is 5.01 Å². The maximum absolute atomic E-state index is 4.99. The zero-order valence-corrected chi connectivity index (χ0v) is 13.0. The number of ether oxygens (including phenoxy) is 1. The predicted octanol–water partition coefficient (Wildman–Crippen LogP) is 2.39. The van der Waals surface area contributed by atoms with Crippen molar-refractivity contribution in [3.8, 4) is 11.4 Å². The van der Waals surface area contributed by atoms with Crippen LogP contribution in [0.4, 0.5) is 5.13 Å². The van der Waals surface area contributed by atoms with Crippen molar-refractivity contribution < 1.29 is 4.74 Å². The van der Waals surface area contributed by atoms with Crippen molar-refractivity contribution in [1.82, 2.24) is 14.9 Å². The molecule has 0 aliphatic carbocycles. The molecule has 0 radical (unpaired) electrons. The van der Waals surface area contributed by atoms with Crippen LogP contribution in [-0.4, -0.2) is 49.2 Å². The normalized spacial score (nSPS) is 11.2. The van der Waals surface area contributed by atoms with Crippen LogP contribution < -0.4 is 5.32 Å². The highest BCUT2D eigenvalue weighted by Gasteiger charge is 2.09. The molecule has 0 fully saturated rings. The predicted molar refractivity (Wildman–Crippen MR) is 81.0 cm³/mol. The smallest absolute Gasteiger partial charge is 0.183 e. The van der Waals surface area contributed by atoms with Crippen molar-refractivity contribution in [2.75, 3.05) is 39.7 Å². The van der Waals surface area contributed by atoms with Crippen molar-refractivity contribution in [3.63, 3.8) is 0 Å². The molecule has 0 aromatic carbocycles. The molecule has 0 amide bonds. The molecule has 1 N–H and O–H groups in total. The second-order valence-electron chi connectivity index (χ2n) is 4.32. The van der Waals surface area contributed by atoms with Crippen LogP contribution in [0.5, 0.6) is 0 Å². The van der Waals surface area contributed by atoms with Gasteiger partial charge in [0.05, 0.1) is 6.61 Å². The molecule has 0 unspecified atom stereocenters. The molecule has 5 nitrogen and oxygen atoms in total. The molecule has 7 heteroatoms. The maximum Gasteiger partial charge on any atom is 0.183 e. The summed E-state index contributed by atoms with van der Waals surface area (Å²) in [4.78, 5) is 11.2. The van der Waals surface area contributed by atoms with Crippen molar-refractivity contribution in [3.05, 3.63) is 15.8 Å². The van der Waals surface area contributed by atoms with Gasteiger partial charge in [0.1, 0.15) is 16.4 Å². The number of anilines is 1. The molecule has 2 aromatic heterocycles. The number of hydrogen-bond donors (Lipinski definition) is 1. The van der Waals surface area contributed by atoms with Gasteiger partial charge in [0.15, 0.2) is 5.13 Å². The quantitative estimate of drug-likeness (QED) is 0.795. The number of rotatable bonds is 7. The number of nitrogens with zero attached hydrogens (tertiary/aromatic N) is 3. The first-order valence-electron chi connectivity index (χ1n) is 5.97. The lowest BCUT2D eigenvalue weighted by Gasteiger charge is -2.04. The molecule has 0 aliphatic rings. The highest BCUT2D eigenvalue weighted by molar-refractivity contribution is 7.14. The number of aromatic nitrogens is 2. The third-order valence-electron chi connectivity index (χ3n) is 2.35. The summed E-state index contributed by atoms with van der Waals surface area (Å²) in [6.45, 7) is 2.32. The van der Waals surface area contributed by atoms with Gasteiger partial charge in [0.2, 0.25) is 0 Å². The molecule has 0 spiro atoms. The highest BCUT2D eigenvalue weighted by Crippen LogP contribution is 2.26. The first-order valence-corrected chi connectivity index (χ1v) is 7.73. The Bertz CT molecular complexity index is 509. The fourth-order valence-electron chi connectivity index (χ4n) is 1.50. The van der Waals surface area contributed by atoms with Gasteiger partial charge in [-0.3, -0.25) is 0 Å². The Morgan fingerprint density at radius 3 is 2.68 bits per heavy atom. The fourth-order valence-corrected chi connectivity index (χ4v) is 3.14. The van der Waals surface area contributed by atoms with Crippen molar-refractivity contribution in [1.29, 1.82) is 0 Å². The Balaban J connectivity index is 1.99. The van der Waals surface area contributed by atoms with Crippen LogP contribution in [0.2, 0.25) is 0 Å². The van der Waals surface area contributed by atoms with Gasteiger partial charge in [-0.15, -0.1) is 22.7 Å². The van der Waals surface area contributed by atoms with Gasteiger partial charge in [-0.25, -0.2) is 9.97 Å². The van der Waals surface area contributed by atoms with E-state index in [1.807, 2.05) is 19.5 Å². The topological polar surface area (TPSA) is 50.3 Å². The minimum Gasteiger partial charge on any atom is -0.383 e. The second-order valence-corrected chi connectivity index (χ2v) is 6.12. The lowest BCUT2D eigenvalue weighted by atomic mass is 10.4. The fraction of sp³-hybridized carbons (Fsp3) is 0.500. The average Bonchev–Trinajstić information content (AvgIpc) is 2.97. The van der Waals surface area contributed by atoms with Gasteiger partial charge in [-0.1, -0.05) is 0 Å². The largest absolute Gasteiger partial charge is 0.383 e. The standard InChI is InChI=1S/C12H18N4OS2/c1-16(2)6-11-14-9(7-18-11)10-8-19-12(15-10)13-4-5-17-3/h7-8H,4-6H2,1-3H3,(H,13,15). The van der Waals surface area contributed by atoms with E-state index in [0.717, 1.165) is 34.6 Å². The summed E-state index contributed by atoms with van der Waals surface area (Å²) >= 11 is 3.27. The van der Waals surface area contributed by atoms with Gasteiger partial charge >= 0.3 is 0 Å². The van der Waals surface area contributed by atoms with Gasteiger partial charge in [-0.2, -0.15) is 0 Å². The molecule has 2 aromatic rings. The first kappa shape index (κ1) is 14.4. The van der Waals surface area contributed by atoms with Crippen molar-refractivity contribution in [2.45, 2.75) is 6.54 Å². The summed E-state index contributed by atoms with van der Waals surface area (Å²) in [5, 5.41) is 9.34. The SMILES string of the molecule is COCCNc1nc(-c2csc(CN(C)C)n2)cs1. The van der Waals surface area contributed by atoms with Crippen LogP contribution in [0.25, 0.3) is 11.4 Å². The molecular formula is C12H18N4OS2. The monoisotopic (exact) mass is 298 g/mol. The molecule has 0 aliphatic heterocycles. The number of hydrogen-bond acceptors (Lipinski definition) is 7. The Kier molecular flexibility index (Phi) is 5.26. The van der Waals surface area contributed by atoms with Crippen LogP contribution in [0, 0.1) is 0 Å². The Morgan fingerprint density at radius 1 is 1.21 bits per heavy atom. The van der Waals surface area contributed by atoms with E-state index in [2.05, 4.69) is 25.6 Å². The Hall–Kier alpha value is -1.02. The summed E-state index contributed by atoms with van der Waals surface area (Å²) in [6.07, 6.45) is 0. The average molecular weight is 298 g/mol. The van der Waals surface area contributed by atoms with Gasteiger partial charge < -0.3 is 15.0 Å². The second kappa shape index (κ2) is 6.95. The third-order valence-corrected chi connectivity index (χ3v) is 3.99. The highest BCUT2D eigenvalue weighted by atomic mass is 32.1.